The van der Waals surface area contributed by atoms with E-state index in [4.69, 9.17) is 9.72 Å². The molecule has 192 valence electrons. The van der Waals surface area contributed by atoms with E-state index in [9.17, 15) is 4.79 Å². The number of methoxy groups -OCH3 is 1. The highest BCUT2D eigenvalue weighted by Crippen LogP contribution is 2.34. The molecule has 0 bridgehead atoms. The Bertz CT molecular complexity index is 1460. The van der Waals surface area contributed by atoms with Crippen LogP contribution in [-0.2, 0) is 0 Å². The summed E-state index contributed by atoms with van der Waals surface area (Å²) in [6.45, 7) is 9.06. The highest BCUT2D eigenvalue weighted by Gasteiger charge is 2.24. The van der Waals surface area contributed by atoms with E-state index in [1.807, 2.05) is 12.1 Å². The van der Waals surface area contributed by atoms with Gasteiger partial charge in [-0.3, -0.25) is 9.78 Å². The van der Waals surface area contributed by atoms with Gasteiger partial charge in [0.25, 0.3) is 5.56 Å². The van der Waals surface area contributed by atoms with Crippen molar-refractivity contribution in [3.8, 4) is 17.3 Å². The molecule has 1 fully saturated rings. The Morgan fingerprint density at radius 3 is 2.68 bits per heavy atom. The standard InChI is InChI=1S/C29H34N6O2/c1-5-19(3)35-12-9-20(10-13-35)23-7-6-22(14-18(23)2)32-28-27-21(8-11-31-29(27)36)15-24(34-28)25-16-30-17-26(33-25)37-4/h6-8,11,14-17,19-20H,5,9-10,12-13H2,1-4H3,(H,31,36)(H,32,34). The predicted octanol–water partition coefficient (Wildman–Crippen LogP) is 5.42. The van der Waals surface area contributed by atoms with Gasteiger partial charge in [0.05, 0.1) is 30.6 Å². The van der Waals surface area contributed by atoms with E-state index in [0.717, 1.165) is 24.2 Å². The fraction of sp³-hybridized carbons (Fsp3) is 0.379. The molecule has 8 heteroatoms. The van der Waals surface area contributed by atoms with Crippen molar-refractivity contribution in [2.24, 2.45) is 0 Å². The number of anilines is 2. The zero-order valence-electron chi connectivity index (χ0n) is 21.9. The van der Waals surface area contributed by atoms with E-state index < -0.39 is 0 Å². The molecule has 4 heterocycles. The van der Waals surface area contributed by atoms with Crippen LogP contribution < -0.4 is 15.6 Å². The highest BCUT2D eigenvalue weighted by atomic mass is 16.5. The summed E-state index contributed by atoms with van der Waals surface area (Å²) in [7, 11) is 1.55. The van der Waals surface area contributed by atoms with Gasteiger partial charge in [-0.25, -0.2) is 9.97 Å². The number of pyridine rings is 2. The number of hydrogen-bond acceptors (Lipinski definition) is 7. The largest absolute Gasteiger partial charge is 0.480 e. The maximum Gasteiger partial charge on any atom is 0.259 e. The zero-order chi connectivity index (χ0) is 25.9. The molecule has 8 nitrogen and oxygen atoms in total. The van der Waals surface area contributed by atoms with Crippen molar-refractivity contribution in [3.05, 3.63) is 70.4 Å². The first-order valence-electron chi connectivity index (χ1n) is 13.0. The van der Waals surface area contributed by atoms with Crippen molar-refractivity contribution in [2.45, 2.75) is 52.0 Å². The molecule has 1 aromatic carbocycles. The van der Waals surface area contributed by atoms with Gasteiger partial charge in [-0.15, -0.1) is 0 Å². The lowest BCUT2D eigenvalue weighted by Gasteiger charge is -2.36. The van der Waals surface area contributed by atoms with Gasteiger partial charge in [-0.1, -0.05) is 13.0 Å². The normalized spacial score (nSPS) is 15.6. The van der Waals surface area contributed by atoms with Crippen LogP contribution in [0.4, 0.5) is 11.5 Å². The lowest BCUT2D eigenvalue weighted by Crippen LogP contribution is -2.39. The quantitative estimate of drug-likeness (QED) is 0.351. The van der Waals surface area contributed by atoms with Gasteiger partial charge in [0.1, 0.15) is 11.5 Å². The zero-order valence-corrected chi connectivity index (χ0v) is 21.9. The molecule has 0 amide bonds. The van der Waals surface area contributed by atoms with Gasteiger partial charge in [0.2, 0.25) is 5.88 Å². The molecule has 5 rings (SSSR count). The summed E-state index contributed by atoms with van der Waals surface area (Å²) in [4.78, 5) is 31.6. The summed E-state index contributed by atoms with van der Waals surface area (Å²) in [6, 6.07) is 10.8. The second-order valence-corrected chi connectivity index (χ2v) is 9.84. The molecule has 1 aliphatic heterocycles. The van der Waals surface area contributed by atoms with Gasteiger partial charge in [0, 0.05) is 17.9 Å². The minimum atomic E-state index is -0.197. The average Bonchev–Trinajstić information content (AvgIpc) is 2.93. The summed E-state index contributed by atoms with van der Waals surface area (Å²) in [6.07, 6.45) is 8.39. The Kier molecular flexibility index (Phi) is 7.19. The number of fused-ring (bicyclic) bond motifs is 1. The summed E-state index contributed by atoms with van der Waals surface area (Å²) < 4.78 is 5.23. The number of likely N-dealkylation sites (tertiary alicyclic amines) is 1. The second-order valence-electron chi connectivity index (χ2n) is 9.84. The first kappa shape index (κ1) is 24.9. The first-order valence-corrected chi connectivity index (χ1v) is 13.0. The van der Waals surface area contributed by atoms with Gasteiger partial charge in [-0.2, -0.15) is 0 Å². The van der Waals surface area contributed by atoms with Crippen molar-refractivity contribution in [3.63, 3.8) is 0 Å². The second kappa shape index (κ2) is 10.7. The topological polar surface area (TPSA) is 96.0 Å². The van der Waals surface area contributed by atoms with Gasteiger partial charge < -0.3 is 19.9 Å². The number of hydrogen-bond donors (Lipinski definition) is 2. The maximum absolute atomic E-state index is 12.8. The number of ether oxygens (including phenoxy) is 1. The van der Waals surface area contributed by atoms with Crippen LogP contribution in [0.3, 0.4) is 0 Å². The molecule has 37 heavy (non-hydrogen) atoms. The number of aromatic amines is 1. The lowest BCUT2D eigenvalue weighted by molar-refractivity contribution is 0.158. The Labute approximate surface area is 217 Å². The van der Waals surface area contributed by atoms with Crippen molar-refractivity contribution in [2.75, 3.05) is 25.5 Å². The molecule has 0 spiro atoms. The van der Waals surface area contributed by atoms with Crippen LogP contribution in [-0.4, -0.2) is 51.1 Å². The van der Waals surface area contributed by atoms with Crippen LogP contribution in [0.15, 0.2) is 53.7 Å². The van der Waals surface area contributed by atoms with Gasteiger partial charge in [0.15, 0.2) is 0 Å². The van der Waals surface area contributed by atoms with Crippen LogP contribution in [0, 0.1) is 6.92 Å². The molecule has 1 aliphatic rings. The number of piperidine rings is 1. The number of aromatic nitrogens is 4. The van der Waals surface area contributed by atoms with Crippen LogP contribution in [0.2, 0.25) is 0 Å². The number of nitrogens with zero attached hydrogens (tertiary/aromatic N) is 4. The van der Waals surface area contributed by atoms with E-state index >= 15 is 0 Å². The molecule has 0 aliphatic carbocycles. The van der Waals surface area contributed by atoms with Crippen molar-refractivity contribution in [1.82, 2.24) is 24.8 Å². The van der Waals surface area contributed by atoms with E-state index in [-0.39, 0.29) is 5.56 Å². The van der Waals surface area contributed by atoms with Gasteiger partial charge >= 0.3 is 0 Å². The van der Waals surface area contributed by atoms with Gasteiger partial charge in [-0.05, 0) is 92.9 Å². The number of rotatable bonds is 7. The molecule has 3 aromatic heterocycles. The van der Waals surface area contributed by atoms with Crippen LogP contribution in [0.1, 0.15) is 50.2 Å². The van der Waals surface area contributed by atoms with Crippen molar-refractivity contribution in [1.29, 1.82) is 0 Å². The van der Waals surface area contributed by atoms with Crippen LogP contribution in [0.25, 0.3) is 22.2 Å². The third-order valence-corrected chi connectivity index (χ3v) is 7.55. The Morgan fingerprint density at radius 2 is 1.95 bits per heavy atom. The minimum Gasteiger partial charge on any atom is -0.480 e. The van der Waals surface area contributed by atoms with Crippen molar-refractivity contribution >= 4 is 22.3 Å². The third kappa shape index (κ3) is 5.20. The fourth-order valence-electron chi connectivity index (χ4n) is 5.26. The molecule has 4 aromatic rings. The average molecular weight is 499 g/mol. The molecule has 1 atom stereocenters. The molecular weight excluding hydrogens is 464 g/mol. The predicted molar refractivity (Wildman–Crippen MR) is 148 cm³/mol. The molecular formula is C29H34N6O2. The molecule has 0 saturated carbocycles. The van der Waals surface area contributed by atoms with E-state index in [0.29, 0.717) is 40.4 Å². The van der Waals surface area contributed by atoms with E-state index in [1.165, 1.54) is 30.4 Å². The van der Waals surface area contributed by atoms with Crippen LogP contribution in [0.5, 0.6) is 5.88 Å². The summed E-state index contributed by atoms with van der Waals surface area (Å²) in [5.74, 6) is 1.46. The smallest absolute Gasteiger partial charge is 0.259 e. The Hall–Kier alpha value is -3.78. The molecule has 0 radical (unpaired) electrons. The number of nitrogens with one attached hydrogen (secondary N) is 2. The van der Waals surface area contributed by atoms with E-state index in [2.05, 4.69) is 64.1 Å². The molecule has 2 N–H and O–H groups in total. The fourth-order valence-corrected chi connectivity index (χ4v) is 5.26. The van der Waals surface area contributed by atoms with Crippen LogP contribution >= 0.6 is 0 Å². The van der Waals surface area contributed by atoms with E-state index in [1.54, 1.807) is 25.7 Å². The third-order valence-electron chi connectivity index (χ3n) is 7.55. The summed E-state index contributed by atoms with van der Waals surface area (Å²) in [5, 5.41) is 4.68. The number of benzene rings is 1. The minimum absolute atomic E-state index is 0.197. The Morgan fingerprint density at radius 1 is 1.14 bits per heavy atom. The van der Waals surface area contributed by atoms with Crippen molar-refractivity contribution < 1.29 is 4.74 Å². The SMILES string of the molecule is CCC(C)N1CCC(c2ccc(Nc3nc(-c4cncc(OC)n4)cc4cc[nH]c(=O)c34)cc2C)CC1. The maximum atomic E-state index is 12.8. The number of aryl methyl sites for hydroxylation is 1. The summed E-state index contributed by atoms with van der Waals surface area (Å²) >= 11 is 0. The number of H-pyrrole nitrogens is 1. The monoisotopic (exact) mass is 498 g/mol. The lowest BCUT2D eigenvalue weighted by atomic mass is 9.86. The molecule has 1 unspecified atom stereocenters. The summed E-state index contributed by atoms with van der Waals surface area (Å²) in [5.41, 5.74) is 4.53. The highest BCUT2D eigenvalue weighted by molar-refractivity contribution is 5.94. The Balaban J connectivity index is 1.45. The molecule has 1 saturated heterocycles. The first-order chi connectivity index (χ1) is 18.0.